The van der Waals surface area contributed by atoms with Crippen LogP contribution in [0.5, 0.6) is 0 Å². The number of alkyl halides is 1. The quantitative estimate of drug-likeness (QED) is 0.743. The van der Waals surface area contributed by atoms with E-state index in [9.17, 15) is 0 Å². The standard InChI is InChI=1S/C15H21BrO/c1-12-4-2-5-13(8-12)9-14(11-16)10-15-6-3-7-17-15/h2,4-5,8,14-15H,3,6-7,9-11H2,1H3. The third-order valence-corrected chi connectivity index (χ3v) is 4.36. The van der Waals surface area contributed by atoms with Crippen LogP contribution in [0.2, 0.25) is 0 Å². The fraction of sp³-hybridized carbons (Fsp3) is 0.600. The second-order valence-corrected chi connectivity index (χ2v) is 5.73. The molecule has 1 aromatic rings. The molecule has 1 nitrogen and oxygen atoms in total. The zero-order chi connectivity index (χ0) is 12.1. The first-order valence-electron chi connectivity index (χ1n) is 6.51. The summed E-state index contributed by atoms with van der Waals surface area (Å²) in [4.78, 5) is 0. The molecule has 2 rings (SSSR count). The molecule has 1 aliphatic rings. The summed E-state index contributed by atoms with van der Waals surface area (Å²) in [6.07, 6.45) is 5.34. The van der Waals surface area contributed by atoms with Crippen LogP contribution in [0.15, 0.2) is 24.3 Å². The normalized spacial score (nSPS) is 21.6. The van der Waals surface area contributed by atoms with Crippen LogP contribution in [-0.2, 0) is 11.2 Å². The Labute approximate surface area is 113 Å². The Balaban J connectivity index is 1.90. The molecule has 2 heteroatoms. The molecule has 0 bridgehead atoms. The maximum absolute atomic E-state index is 5.73. The van der Waals surface area contributed by atoms with Gasteiger partial charge in [0, 0.05) is 11.9 Å². The lowest BCUT2D eigenvalue weighted by atomic mass is 9.94. The largest absolute Gasteiger partial charge is 0.378 e. The van der Waals surface area contributed by atoms with Crippen molar-refractivity contribution in [2.75, 3.05) is 11.9 Å². The molecule has 1 heterocycles. The average Bonchev–Trinajstić information content (AvgIpc) is 2.81. The highest BCUT2D eigenvalue weighted by molar-refractivity contribution is 9.09. The van der Waals surface area contributed by atoms with E-state index >= 15 is 0 Å². The molecular weight excluding hydrogens is 276 g/mol. The van der Waals surface area contributed by atoms with Crippen molar-refractivity contribution in [1.82, 2.24) is 0 Å². The molecule has 2 unspecified atom stereocenters. The van der Waals surface area contributed by atoms with E-state index in [0.717, 1.165) is 18.4 Å². The zero-order valence-corrected chi connectivity index (χ0v) is 12.1. The monoisotopic (exact) mass is 296 g/mol. The number of halogens is 1. The average molecular weight is 297 g/mol. The first-order chi connectivity index (χ1) is 8.28. The van der Waals surface area contributed by atoms with E-state index in [0.29, 0.717) is 12.0 Å². The summed E-state index contributed by atoms with van der Waals surface area (Å²) in [5.41, 5.74) is 2.81. The van der Waals surface area contributed by atoms with Crippen molar-refractivity contribution in [2.45, 2.75) is 38.7 Å². The summed E-state index contributed by atoms with van der Waals surface area (Å²) < 4.78 is 5.73. The van der Waals surface area contributed by atoms with Crippen LogP contribution in [0.1, 0.15) is 30.4 Å². The Morgan fingerprint density at radius 3 is 3.00 bits per heavy atom. The number of rotatable bonds is 5. The molecular formula is C15H21BrO. The molecule has 0 N–H and O–H groups in total. The molecule has 1 aliphatic heterocycles. The van der Waals surface area contributed by atoms with Gasteiger partial charge in [-0.2, -0.15) is 0 Å². The van der Waals surface area contributed by atoms with Gasteiger partial charge >= 0.3 is 0 Å². The van der Waals surface area contributed by atoms with Crippen molar-refractivity contribution in [2.24, 2.45) is 5.92 Å². The van der Waals surface area contributed by atoms with Crippen LogP contribution in [0, 0.1) is 12.8 Å². The Morgan fingerprint density at radius 2 is 2.35 bits per heavy atom. The van der Waals surface area contributed by atoms with Gasteiger partial charge in [-0.1, -0.05) is 45.8 Å². The molecule has 1 saturated heterocycles. The van der Waals surface area contributed by atoms with Gasteiger partial charge in [0.05, 0.1) is 6.10 Å². The minimum atomic E-state index is 0.502. The predicted octanol–water partition coefficient (Wildman–Crippen LogP) is 4.12. The lowest BCUT2D eigenvalue weighted by Crippen LogP contribution is -2.16. The molecule has 0 aliphatic carbocycles. The first kappa shape index (κ1) is 13.1. The van der Waals surface area contributed by atoms with Crippen LogP contribution in [0.25, 0.3) is 0 Å². The molecule has 0 aromatic heterocycles. The van der Waals surface area contributed by atoms with Crippen LogP contribution in [0.3, 0.4) is 0 Å². The van der Waals surface area contributed by atoms with Gasteiger partial charge in [0.15, 0.2) is 0 Å². The summed E-state index contributed by atoms with van der Waals surface area (Å²) in [7, 11) is 0. The third-order valence-electron chi connectivity index (χ3n) is 3.45. The highest BCUT2D eigenvalue weighted by Crippen LogP contribution is 2.24. The second-order valence-electron chi connectivity index (χ2n) is 5.08. The Kier molecular flexibility index (Phi) is 5.05. The Morgan fingerprint density at radius 1 is 1.47 bits per heavy atom. The summed E-state index contributed by atoms with van der Waals surface area (Å²) in [6.45, 7) is 3.12. The molecule has 0 saturated carbocycles. The number of aryl methyl sites for hydroxylation is 1. The van der Waals surface area contributed by atoms with Gasteiger partial charge in [-0.25, -0.2) is 0 Å². The van der Waals surface area contributed by atoms with E-state index in [1.807, 2.05) is 0 Å². The van der Waals surface area contributed by atoms with E-state index in [-0.39, 0.29) is 0 Å². The third kappa shape index (κ3) is 4.11. The molecule has 17 heavy (non-hydrogen) atoms. The fourth-order valence-corrected chi connectivity index (χ4v) is 3.07. The summed E-state index contributed by atoms with van der Waals surface area (Å²) >= 11 is 3.64. The minimum absolute atomic E-state index is 0.502. The van der Waals surface area contributed by atoms with Gasteiger partial charge in [0.25, 0.3) is 0 Å². The van der Waals surface area contributed by atoms with E-state index in [1.165, 1.54) is 30.4 Å². The van der Waals surface area contributed by atoms with E-state index in [1.54, 1.807) is 0 Å². The van der Waals surface area contributed by atoms with Crippen molar-refractivity contribution in [1.29, 1.82) is 0 Å². The minimum Gasteiger partial charge on any atom is -0.378 e. The number of hydrogen-bond acceptors (Lipinski definition) is 1. The van der Waals surface area contributed by atoms with Crippen LogP contribution >= 0.6 is 15.9 Å². The molecule has 0 amide bonds. The van der Waals surface area contributed by atoms with Crippen LogP contribution in [0.4, 0.5) is 0 Å². The van der Waals surface area contributed by atoms with E-state index in [2.05, 4.69) is 47.1 Å². The van der Waals surface area contributed by atoms with Crippen molar-refractivity contribution in [3.8, 4) is 0 Å². The molecule has 1 fully saturated rings. The lowest BCUT2D eigenvalue weighted by molar-refractivity contribution is 0.0925. The predicted molar refractivity (Wildman–Crippen MR) is 75.8 cm³/mol. The number of hydrogen-bond donors (Lipinski definition) is 0. The van der Waals surface area contributed by atoms with Crippen molar-refractivity contribution in [3.63, 3.8) is 0 Å². The highest BCUT2D eigenvalue weighted by atomic mass is 79.9. The van der Waals surface area contributed by atoms with Gasteiger partial charge in [-0.3, -0.25) is 0 Å². The first-order valence-corrected chi connectivity index (χ1v) is 7.63. The summed E-state index contributed by atoms with van der Waals surface area (Å²) in [5.74, 6) is 0.694. The molecule has 94 valence electrons. The molecule has 1 aromatic carbocycles. The summed E-state index contributed by atoms with van der Waals surface area (Å²) in [6, 6.07) is 8.85. The highest BCUT2D eigenvalue weighted by Gasteiger charge is 2.20. The van der Waals surface area contributed by atoms with Gasteiger partial charge in [-0.05, 0) is 44.1 Å². The smallest absolute Gasteiger partial charge is 0.0579 e. The molecule has 0 radical (unpaired) electrons. The maximum atomic E-state index is 5.73. The Bertz CT molecular complexity index is 345. The van der Waals surface area contributed by atoms with E-state index < -0.39 is 0 Å². The second kappa shape index (κ2) is 6.55. The van der Waals surface area contributed by atoms with Crippen LogP contribution < -0.4 is 0 Å². The van der Waals surface area contributed by atoms with Crippen molar-refractivity contribution in [3.05, 3.63) is 35.4 Å². The van der Waals surface area contributed by atoms with Gasteiger partial charge in [-0.15, -0.1) is 0 Å². The SMILES string of the molecule is Cc1cccc(CC(CBr)CC2CCCO2)c1. The van der Waals surface area contributed by atoms with Crippen molar-refractivity contribution < 1.29 is 4.74 Å². The van der Waals surface area contributed by atoms with Gasteiger partial charge < -0.3 is 4.74 Å². The number of benzene rings is 1. The van der Waals surface area contributed by atoms with Gasteiger partial charge in [0.2, 0.25) is 0 Å². The Hall–Kier alpha value is -0.340. The topological polar surface area (TPSA) is 9.23 Å². The molecule has 2 atom stereocenters. The lowest BCUT2D eigenvalue weighted by Gasteiger charge is -2.18. The summed E-state index contributed by atoms with van der Waals surface area (Å²) in [5, 5.41) is 1.07. The molecule has 0 spiro atoms. The maximum Gasteiger partial charge on any atom is 0.0579 e. The van der Waals surface area contributed by atoms with Crippen LogP contribution in [-0.4, -0.2) is 18.0 Å². The van der Waals surface area contributed by atoms with Gasteiger partial charge in [0.1, 0.15) is 0 Å². The van der Waals surface area contributed by atoms with E-state index in [4.69, 9.17) is 4.74 Å². The zero-order valence-electron chi connectivity index (χ0n) is 10.5. The fourth-order valence-electron chi connectivity index (χ4n) is 2.58. The number of ether oxygens (including phenoxy) is 1. The van der Waals surface area contributed by atoms with Crippen molar-refractivity contribution >= 4 is 15.9 Å².